The molecule has 4 heterocycles. The number of pyridine rings is 1. The van der Waals surface area contributed by atoms with E-state index in [9.17, 15) is 24.3 Å². The fourth-order valence-corrected chi connectivity index (χ4v) is 7.18. The van der Waals surface area contributed by atoms with Gasteiger partial charge in [0.15, 0.2) is 0 Å². The molecule has 0 spiro atoms. The van der Waals surface area contributed by atoms with Crippen molar-refractivity contribution in [3.63, 3.8) is 0 Å². The molecule has 3 amide bonds. The van der Waals surface area contributed by atoms with Crippen molar-refractivity contribution in [3.05, 3.63) is 42.0 Å². The quantitative estimate of drug-likeness (QED) is 0.369. The van der Waals surface area contributed by atoms with E-state index in [4.69, 9.17) is 18.9 Å². The van der Waals surface area contributed by atoms with Crippen molar-refractivity contribution in [2.75, 3.05) is 26.9 Å². The zero-order valence-electron chi connectivity index (χ0n) is 29.7. The number of carboxylic acids is 1. The minimum absolute atomic E-state index is 0.0251. The molecule has 5 bridgehead atoms. The second-order valence-electron chi connectivity index (χ2n) is 14.7. The van der Waals surface area contributed by atoms with Crippen LogP contribution >= 0.6 is 0 Å². The average Bonchev–Trinajstić information content (AvgIpc) is 3.62. The first-order chi connectivity index (χ1) is 24.4. The molecule has 13 heteroatoms. The molecule has 13 nitrogen and oxygen atoms in total. The summed E-state index contributed by atoms with van der Waals surface area (Å²) in [4.78, 5) is 60.3. The lowest BCUT2D eigenvalue weighted by atomic mass is 9.90. The summed E-state index contributed by atoms with van der Waals surface area (Å²) in [5.41, 5.74) is -0.524. The van der Waals surface area contributed by atoms with E-state index in [-0.39, 0.29) is 31.9 Å². The van der Waals surface area contributed by atoms with Crippen LogP contribution in [0.5, 0.6) is 17.4 Å². The normalized spacial score (nSPS) is 29.5. The van der Waals surface area contributed by atoms with Crippen LogP contribution < -0.4 is 24.8 Å². The zero-order valence-corrected chi connectivity index (χ0v) is 29.7. The molecule has 4 aliphatic rings. The highest BCUT2D eigenvalue weighted by molar-refractivity contribution is 5.96. The first-order valence-corrected chi connectivity index (χ1v) is 17.9. The molecule has 51 heavy (non-hydrogen) atoms. The number of rotatable bonds is 4. The Bertz CT molecular complexity index is 1740. The van der Waals surface area contributed by atoms with Crippen molar-refractivity contribution in [2.45, 2.75) is 95.9 Å². The third kappa shape index (κ3) is 7.92. The van der Waals surface area contributed by atoms with E-state index >= 15 is 0 Å². The summed E-state index contributed by atoms with van der Waals surface area (Å²) in [6, 6.07) is 3.42. The molecule has 5 atom stereocenters. The molecule has 274 valence electrons. The van der Waals surface area contributed by atoms with Crippen LogP contribution in [0.2, 0.25) is 0 Å². The number of carboxylic acid groups (broad SMARTS) is 1. The van der Waals surface area contributed by atoms with Crippen LogP contribution in [0.1, 0.15) is 77.7 Å². The minimum atomic E-state index is -1.45. The van der Waals surface area contributed by atoms with Gasteiger partial charge in [-0.2, -0.15) is 0 Å². The number of fused-ring (bicyclic) bond motifs is 4. The summed E-state index contributed by atoms with van der Waals surface area (Å²) in [6.45, 7) is 6.32. The zero-order chi connectivity index (χ0) is 36.3. The van der Waals surface area contributed by atoms with E-state index in [2.05, 4.69) is 15.6 Å². The molecule has 1 saturated heterocycles. The first kappa shape index (κ1) is 36.0. The predicted molar refractivity (Wildman–Crippen MR) is 189 cm³/mol. The Morgan fingerprint density at radius 1 is 1.14 bits per heavy atom. The van der Waals surface area contributed by atoms with Gasteiger partial charge in [0, 0.05) is 40.8 Å². The number of amides is 3. The van der Waals surface area contributed by atoms with E-state index in [1.807, 2.05) is 57.2 Å². The van der Waals surface area contributed by atoms with Crippen LogP contribution in [-0.4, -0.2) is 89.5 Å². The van der Waals surface area contributed by atoms with E-state index < -0.39 is 53.0 Å². The number of methoxy groups -OCH3 is 1. The number of aromatic nitrogens is 1. The van der Waals surface area contributed by atoms with Crippen LogP contribution in [0.3, 0.4) is 0 Å². The topological polar surface area (TPSA) is 166 Å². The third-order valence-electron chi connectivity index (χ3n) is 10.2. The van der Waals surface area contributed by atoms with Crippen molar-refractivity contribution in [3.8, 4) is 17.4 Å². The van der Waals surface area contributed by atoms with Crippen molar-refractivity contribution in [1.82, 2.24) is 20.5 Å². The van der Waals surface area contributed by atoms with Crippen LogP contribution in [0.4, 0.5) is 4.79 Å². The first-order valence-electron chi connectivity index (χ1n) is 17.9. The highest BCUT2D eigenvalue weighted by Crippen LogP contribution is 2.45. The van der Waals surface area contributed by atoms with Crippen LogP contribution in [0.15, 0.2) is 36.4 Å². The number of cyclic esters (lactones) is 1. The fraction of sp³-hybridized carbons (Fsp3) is 0.553. The lowest BCUT2D eigenvalue weighted by Crippen LogP contribution is -2.56. The fourth-order valence-electron chi connectivity index (χ4n) is 7.18. The number of alkyl carbamates (subject to hydrolysis) is 1. The largest absolute Gasteiger partial charge is 0.496 e. The second kappa shape index (κ2) is 14.8. The number of benzene rings is 1. The summed E-state index contributed by atoms with van der Waals surface area (Å²) in [5.74, 6) is -1.11. The van der Waals surface area contributed by atoms with Gasteiger partial charge in [-0.05, 0) is 45.1 Å². The summed E-state index contributed by atoms with van der Waals surface area (Å²) in [5, 5.41) is 16.5. The van der Waals surface area contributed by atoms with Crippen LogP contribution in [0, 0.1) is 11.3 Å². The maximum atomic E-state index is 14.4. The molecular weight excluding hydrogens is 656 g/mol. The molecule has 6 rings (SSSR count). The number of carbonyl (C=O) groups excluding carboxylic acids is 3. The standard InChI is InChI=1S/C38H48N4O9/c1-5-49-32-19-31-26-16-23(30(48-4)18-28(26)39-32)12-11-15-37(2,3)22-50-36(47)40-27-14-10-8-6-7-9-13-24-20-38(24,35(45)46)41-33(43)29-17-25(51-31)21-42(29)34(27)44/h9,11-13,16,18-19,24-25,27,29H,5-8,10,14-15,17,20-22H2,1-4H3,(H,40,47)(H,41,43)(H,45,46)/b12-11+,13-9-/t24-,25+,27-,29-,38+/m0/s1. The predicted octanol–water partition coefficient (Wildman–Crippen LogP) is 5.01. The minimum Gasteiger partial charge on any atom is -0.496 e. The lowest BCUT2D eigenvalue weighted by Gasteiger charge is -2.30. The molecule has 2 fully saturated rings. The highest BCUT2D eigenvalue weighted by Gasteiger charge is 2.61. The number of carbonyl (C=O) groups is 4. The van der Waals surface area contributed by atoms with Gasteiger partial charge >= 0.3 is 12.1 Å². The SMILES string of the molecule is CCOc1cc2c3cc(c(OC)cc3n1)/C=C/CC(C)(C)COC(=O)N[C@H]1CCCCC/C=C\[C@H]3C[C@@]3(C(=O)O)NC(=O)[C@@H]3C[C@H](CN3C1=O)O2. The lowest BCUT2D eigenvalue weighted by molar-refractivity contribution is -0.145. The van der Waals surface area contributed by atoms with Gasteiger partial charge in [0.25, 0.3) is 0 Å². The monoisotopic (exact) mass is 704 g/mol. The van der Waals surface area contributed by atoms with Gasteiger partial charge in [-0.3, -0.25) is 9.59 Å². The van der Waals surface area contributed by atoms with Gasteiger partial charge < -0.3 is 39.6 Å². The number of allylic oxidation sites excluding steroid dienone is 2. The number of hydrogen-bond donors (Lipinski definition) is 3. The van der Waals surface area contributed by atoms with Gasteiger partial charge in [0.05, 0.1) is 32.4 Å². The summed E-state index contributed by atoms with van der Waals surface area (Å²) >= 11 is 0. The van der Waals surface area contributed by atoms with Gasteiger partial charge in [-0.25, -0.2) is 14.6 Å². The molecule has 2 aromatic rings. The van der Waals surface area contributed by atoms with Crippen molar-refractivity contribution >= 4 is 40.9 Å². The molecule has 1 aromatic heterocycles. The third-order valence-corrected chi connectivity index (χ3v) is 10.2. The molecule has 1 saturated carbocycles. The molecule has 1 aromatic carbocycles. The Morgan fingerprint density at radius 3 is 2.73 bits per heavy atom. The number of nitrogens with zero attached hydrogens (tertiary/aromatic N) is 2. The smallest absolute Gasteiger partial charge is 0.407 e. The van der Waals surface area contributed by atoms with Crippen LogP contribution in [0.25, 0.3) is 17.0 Å². The molecule has 3 aliphatic heterocycles. The maximum Gasteiger partial charge on any atom is 0.407 e. The maximum absolute atomic E-state index is 14.4. The molecule has 0 radical (unpaired) electrons. The van der Waals surface area contributed by atoms with E-state index in [0.717, 1.165) is 24.8 Å². The van der Waals surface area contributed by atoms with Gasteiger partial charge in [-0.1, -0.05) is 51.0 Å². The Morgan fingerprint density at radius 2 is 1.96 bits per heavy atom. The molecule has 1 aliphatic carbocycles. The van der Waals surface area contributed by atoms with Crippen molar-refractivity contribution in [1.29, 1.82) is 0 Å². The summed E-state index contributed by atoms with van der Waals surface area (Å²) in [7, 11) is 1.58. The Labute approximate surface area is 297 Å². The number of hydrogen-bond acceptors (Lipinski definition) is 9. The van der Waals surface area contributed by atoms with Crippen LogP contribution in [-0.2, 0) is 19.1 Å². The van der Waals surface area contributed by atoms with E-state index in [0.29, 0.717) is 54.2 Å². The summed E-state index contributed by atoms with van der Waals surface area (Å²) < 4.78 is 23.8. The summed E-state index contributed by atoms with van der Waals surface area (Å²) in [6.07, 6.45) is 10.7. The second-order valence-corrected chi connectivity index (χ2v) is 14.7. The number of ether oxygens (including phenoxy) is 4. The van der Waals surface area contributed by atoms with Crippen molar-refractivity contribution < 1.29 is 43.2 Å². The molecule has 0 unspecified atom stereocenters. The number of nitrogens with one attached hydrogen (secondary N) is 2. The average molecular weight is 705 g/mol. The van der Waals surface area contributed by atoms with E-state index in [1.54, 1.807) is 13.2 Å². The molecular formula is C38H48N4O9. The highest BCUT2D eigenvalue weighted by atomic mass is 16.5. The Hall–Kier alpha value is -4.81. The van der Waals surface area contributed by atoms with Gasteiger partial charge in [0.1, 0.15) is 35.2 Å². The van der Waals surface area contributed by atoms with Gasteiger partial charge in [0.2, 0.25) is 17.7 Å². The number of aliphatic carboxylic acids is 1. The van der Waals surface area contributed by atoms with Gasteiger partial charge in [-0.15, -0.1) is 0 Å². The Kier molecular flexibility index (Phi) is 10.5. The molecule has 3 N–H and O–H groups in total. The van der Waals surface area contributed by atoms with Crippen molar-refractivity contribution in [2.24, 2.45) is 11.3 Å². The Balaban J connectivity index is 1.43. The van der Waals surface area contributed by atoms with E-state index in [1.165, 1.54) is 4.90 Å².